The molecule has 0 radical (unpaired) electrons. The molecule has 1 N–H and O–H groups in total. The van der Waals surface area contributed by atoms with Crippen LogP contribution in [0, 0.1) is 28.6 Å². The predicted octanol–water partition coefficient (Wildman–Crippen LogP) is 3.19. The zero-order valence-corrected chi connectivity index (χ0v) is 17.2. The third kappa shape index (κ3) is 2.32. The van der Waals surface area contributed by atoms with Crippen molar-refractivity contribution in [3.8, 4) is 0 Å². The number of hydrogen-bond donors (Lipinski definition) is 1. The van der Waals surface area contributed by atoms with Gasteiger partial charge in [0.2, 0.25) is 0 Å². The molecule has 0 aromatic carbocycles. The van der Waals surface area contributed by atoms with Crippen LogP contribution in [-0.2, 0) is 19.1 Å². The molecule has 1 spiro atoms. The van der Waals surface area contributed by atoms with Gasteiger partial charge in [0, 0.05) is 18.8 Å². The lowest BCUT2D eigenvalue weighted by molar-refractivity contribution is -0.141. The number of aliphatic hydroxyl groups excluding tert-OH is 1. The number of hydrogen-bond acceptors (Lipinski definition) is 5. The highest BCUT2D eigenvalue weighted by molar-refractivity contribution is 5.91. The Morgan fingerprint density at radius 1 is 1.29 bits per heavy atom. The van der Waals surface area contributed by atoms with Crippen LogP contribution in [0.25, 0.3) is 0 Å². The number of carbonyl (C=O) groups is 2. The predicted molar refractivity (Wildman–Crippen MR) is 102 cm³/mol. The van der Waals surface area contributed by atoms with Crippen molar-refractivity contribution in [1.82, 2.24) is 0 Å². The van der Waals surface area contributed by atoms with E-state index in [1.807, 2.05) is 6.08 Å². The Morgan fingerprint density at radius 3 is 2.82 bits per heavy atom. The summed E-state index contributed by atoms with van der Waals surface area (Å²) < 4.78 is 11.5. The van der Waals surface area contributed by atoms with E-state index in [0.717, 1.165) is 38.5 Å². The second-order valence-corrected chi connectivity index (χ2v) is 10.4. The lowest BCUT2D eigenvalue weighted by atomic mass is 9.46. The maximum Gasteiger partial charge on any atom is 0.302 e. The number of fused-ring (bicyclic) bond motifs is 6. The van der Waals surface area contributed by atoms with Crippen molar-refractivity contribution in [2.75, 3.05) is 6.61 Å². The van der Waals surface area contributed by atoms with Crippen LogP contribution >= 0.6 is 0 Å². The minimum absolute atomic E-state index is 0.0305. The maximum atomic E-state index is 12.0. The first kappa shape index (κ1) is 18.8. The molecule has 0 unspecified atom stereocenters. The van der Waals surface area contributed by atoms with E-state index >= 15 is 0 Å². The molecule has 3 saturated carbocycles. The van der Waals surface area contributed by atoms with Gasteiger partial charge in [0.05, 0.1) is 6.10 Å². The number of epoxide rings is 1. The van der Waals surface area contributed by atoms with Gasteiger partial charge in [-0.3, -0.25) is 9.59 Å². The Bertz CT molecular complexity index is 758. The number of ketones is 1. The molecule has 8 atom stereocenters. The summed E-state index contributed by atoms with van der Waals surface area (Å²) in [5.74, 6) is 1.22. The Labute approximate surface area is 166 Å². The van der Waals surface area contributed by atoms with Crippen LogP contribution in [0.5, 0.6) is 0 Å². The van der Waals surface area contributed by atoms with Crippen LogP contribution in [0.15, 0.2) is 11.6 Å². The number of aliphatic hydroxyl groups is 1. The second-order valence-electron chi connectivity index (χ2n) is 10.4. The quantitative estimate of drug-likeness (QED) is 0.581. The van der Waals surface area contributed by atoms with Crippen molar-refractivity contribution in [2.24, 2.45) is 28.6 Å². The van der Waals surface area contributed by atoms with Crippen LogP contribution in [0.1, 0.15) is 65.7 Å². The monoisotopic (exact) mass is 388 g/mol. The molecular formula is C23H32O5. The highest BCUT2D eigenvalue weighted by atomic mass is 16.6. The second kappa shape index (κ2) is 5.91. The lowest BCUT2D eigenvalue weighted by Gasteiger charge is -2.59. The third-order valence-corrected chi connectivity index (χ3v) is 9.33. The van der Waals surface area contributed by atoms with E-state index in [-0.39, 0.29) is 46.3 Å². The van der Waals surface area contributed by atoms with E-state index in [1.54, 1.807) is 0 Å². The van der Waals surface area contributed by atoms with Gasteiger partial charge < -0.3 is 14.6 Å². The average Bonchev–Trinajstić information content (AvgIpc) is 3.27. The molecule has 1 saturated heterocycles. The van der Waals surface area contributed by atoms with Crippen molar-refractivity contribution < 1.29 is 24.2 Å². The molecule has 154 valence electrons. The molecule has 4 fully saturated rings. The molecule has 5 aliphatic rings. The summed E-state index contributed by atoms with van der Waals surface area (Å²) in [4.78, 5) is 23.2. The molecule has 0 bridgehead atoms. The molecule has 5 heteroatoms. The molecule has 5 nitrogen and oxygen atoms in total. The fourth-order valence-corrected chi connectivity index (χ4v) is 8.01. The first-order chi connectivity index (χ1) is 13.2. The molecule has 5 rings (SSSR count). The first-order valence-corrected chi connectivity index (χ1v) is 10.9. The summed E-state index contributed by atoms with van der Waals surface area (Å²) >= 11 is 0. The van der Waals surface area contributed by atoms with Gasteiger partial charge in [-0.2, -0.15) is 0 Å². The van der Waals surface area contributed by atoms with Gasteiger partial charge in [0.15, 0.2) is 5.78 Å². The van der Waals surface area contributed by atoms with E-state index in [2.05, 4.69) is 13.8 Å². The Hall–Kier alpha value is -1.20. The van der Waals surface area contributed by atoms with Crippen LogP contribution in [0.4, 0.5) is 0 Å². The van der Waals surface area contributed by atoms with E-state index in [9.17, 15) is 14.7 Å². The average molecular weight is 389 g/mol. The largest absolute Gasteiger partial charge is 0.463 e. The summed E-state index contributed by atoms with van der Waals surface area (Å²) in [7, 11) is 0. The van der Waals surface area contributed by atoms with Crippen LogP contribution < -0.4 is 0 Å². The number of ether oxygens (including phenoxy) is 2. The van der Waals surface area contributed by atoms with E-state index in [4.69, 9.17) is 9.47 Å². The van der Waals surface area contributed by atoms with Gasteiger partial charge in [-0.15, -0.1) is 0 Å². The van der Waals surface area contributed by atoms with Crippen molar-refractivity contribution in [1.29, 1.82) is 0 Å². The fraction of sp³-hybridized carbons (Fsp3) is 0.826. The zero-order chi connectivity index (χ0) is 19.9. The van der Waals surface area contributed by atoms with Gasteiger partial charge >= 0.3 is 5.97 Å². The summed E-state index contributed by atoms with van der Waals surface area (Å²) in [5, 5.41) is 11.4. The molecular weight excluding hydrogens is 356 g/mol. The minimum Gasteiger partial charge on any atom is -0.463 e. The molecule has 0 amide bonds. The summed E-state index contributed by atoms with van der Waals surface area (Å²) in [6.45, 7) is 6.35. The minimum atomic E-state index is -0.373. The first-order valence-electron chi connectivity index (χ1n) is 10.9. The maximum absolute atomic E-state index is 12.0. The van der Waals surface area contributed by atoms with Gasteiger partial charge in [-0.05, 0) is 67.8 Å². The Morgan fingerprint density at radius 2 is 2.07 bits per heavy atom. The normalized spacial score (nSPS) is 51.8. The molecule has 1 aliphatic heterocycles. The van der Waals surface area contributed by atoms with Gasteiger partial charge in [0.1, 0.15) is 18.3 Å². The Balaban J connectivity index is 1.43. The molecule has 0 aromatic rings. The number of rotatable bonds is 2. The van der Waals surface area contributed by atoms with Crippen LogP contribution in [0.2, 0.25) is 0 Å². The van der Waals surface area contributed by atoms with E-state index < -0.39 is 0 Å². The number of allylic oxidation sites excluding steroid dienone is 1. The topological polar surface area (TPSA) is 76.1 Å². The standard InChI is InChI=1S/C23H32O5/c1-13(24)27-12-19-23(28-19)9-7-17-16-5-4-14-10-15(25)6-8-21(14,2)20(16)18(26)11-22(17,23)3/h10,16-20,26H,4-9,11-12H2,1-3H3/t16-,17-,18-,19-,20+,21-,22-,23-/m0/s1. The van der Waals surface area contributed by atoms with Gasteiger partial charge in [-0.25, -0.2) is 0 Å². The Kier molecular flexibility index (Phi) is 3.97. The number of carbonyl (C=O) groups excluding carboxylic acids is 2. The van der Waals surface area contributed by atoms with Gasteiger partial charge in [-0.1, -0.05) is 19.4 Å². The van der Waals surface area contributed by atoms with Crippen molar-refractivity contribution in [3.05, 3.63) is 11.6 Å². The van der Waals surface area contributed by atoms with Crippen molar-refractivity contribution >= 4 is 11.8 Å². The van der Waals surface area contributed by atoms with E-state index in [1.165, 1.54) is 12.5 Å². The summed E-state index contributed by atoms with van der Waals surface area (Å²) in [6.07, 6.45) is 7.85. The molecule has 0 aromatic heterocycles. The zero-order valence-electron chi connectivity index (χ0n) is 17.2. The number of esters is 1. The molecule has 4 aliphatic carbocycles. The van der Waals surface area contributed by atoms with Crippen LogP contribution in [-0.4, -0.2) is 41.3 Å². The fourth-order valence-electron chi connectivity index (χ4n) is 8.01. The van der Waals surface area contributed by atoms with Crippen molar-refractivity contribution in [2.45, 2.75) is 83.5 Å². The SMILES string of the molecule is CC(=O)OC[C@@H]1O[C@@]12CC[C@H]1[C@@H]3CCC4=CC(=O)CC[C@]4(C)[C@H]3[C@@H](O)C[C@@]12C. The third-order valence-electron chi connectivity index (χ3n) is 9.33. The smallest absolute Gasteiger partial charge is 0.302 e. The van der Waals surface area contributed by atoms with Crippen LogP contribution in [0.3, 0.4) is 0 Å². The van der Waals surface area contributed by atoms with Crippen molar-refractivity contribution in [3.63, 3.8) is 0 Å². The summed E-state index contributed by atoms with van der Waals surface area (Å²) in [5.41, 5.74) is 0.921. The molecule has 1 heterocycles. The summed E-state index contributed by atoms with van der Waals surface area (Å²) in [6, 6.07) is 0. The highest BCUT2D eigenvalue weighted by Gasteiger charge is 2.75. The lowest BCUT2D eigenvalue weighted by Crippen LogP contribution is -2.58. The molecule has 28 heavy (non-hydrogen) atoms. The van der Waals surface area contributed by atoms with Gasteiger partial charge in [0.25, 0.3) is 0 Å². The van der Waals surface area contributed by atoms with E-state index in [0.29, 0.717) is 24.9 Å². The highest BCUT2D eigenvalue weighted by Crippen LogP contribution is 2.72.